The van der Waals surface area contributed by atoms with Gasteiger partial charge >= 0.3 is 0 Å². The molecule has 0 aromatic heterocycles. The molecule has 1 saturated carbocycles. The fourth-order valence-corrected chi connectivity index (χ4v) is 4.38. The summed E-state index contributed by atoms with van der Waals surface area (Å²) in [6.45, 7) is 4.82. The largest absolute Gasteiger partial charge is 0.493 e. The molecule has 1 aliphatic carbocycles. The van der Waals surface area contributed by atoms with E-state index < -0.39 is 5.79 Å². The van der Waals surface area contributed by atoms with Crippen molar-refractivity contribution in [1.82, 2.24) is 4.90 Å². The first kappa shape index (κ1) is 20.0. The van der Waals surface area contributed by atoms with Crippen LogP contribution in [-0.2, 0) is 15.0 Å². The molecule has 6 heteroatoms. The summed E-state index contributed by atoms with van der Waals surface area (Å²) in [4.78, 5) is 8.07. The third-order valence-corrected chi connectivity index (χ3v) is 6.21. The first-order chi connectivity index (χ1) is 12.8. The number of likely N-dealkylation sites (N-methyl/N-ethyl adjacent to an activating group) is 1. The number of rotatable bonds is 6. The van der Waals surface area contributed by atoms with E-state index >= 15 is 0 Å². The molecule has 3 rings (SSSR count). The molecule has 0 spiro atoms. The second-order valence-electron chi connectivity index (χ2n) is 8.03. The summed E-state index contributed by atoms with van der Waals surface area (Å²) < 4.78 is 16.3. The van der Waals surface area contributed by atoms with E-state index in [1.165, 1.54) is 5.56 Å². The van der Waals surface area contributed by atoms with Gasteiger partial charge in [0.2, 0.25) is 5.79 Å². The molecule has 6 nitrogen and oxygen atoms in total. The fourth-order valence-electron chi connectivity index (χ4n) is 4.38. The first-order valence-corrected chi connectivity index (χ1v) is 9.57. The molecule has 150 valence electrons. The van der Waals surface area contributed by atoms with Gasteiger partial charge in [0.15, 0.2) is 11.5 Å². The quantitative estimate of drug-likeness (QED) is 0.561. The standard InChI is InChI=1S/C21H32N2O4/c1-20(2,26-6)27-22-16-9-10-21(11-12-23(3)19(21)14-16)15-7-8-17(24-4)18(13-15)25-5/h7-8,13,19H,9-12,14H2,1-6H3/t19-,21-/m0/s1. The summed E-state index contributed by atoms with van der Waals surface area (Å²) in [6, 6.07) is 6.77. The zero-order chi connectivity index (χ0) is 19.7. The number of oxime groups is 1. The zero-order valence-corrected chi connectivity index (χ0v) is 17.4. The lowest BCUT2D eigenvalue weighted by molar-refractivity contribution is -0.197. The molecule has 1 aliphatic heterocycles. The number of hydrogen-bond acceptors (Lipinski definition) is 6. The molecule has 2 fully saturated rings. The van der Waals surface area contributed by atoms with Crippen LogP contribution in [0.4, 0.5) is 0 Å². The Labute approximate surface area is 162 Å². The Kier molecular flexibility index (Phi) is 5.68. The molecule has 0 unspecified atom stereocenters. The molecular weight excluding hydrogens is 344 g/mol. The van der Waals surface area contributed by atoms with E-state index in [9.17, 15) is 0 Å². The van der Waals surface area contributed by atoms with Gasteiger partial charge in [-0.2, -0.15) is 0 Å². The Morgan fingerprint density at radius 2 is 1.85 bits per heavy atom. The Bertz CT molecular complexity index is 703. The lowest BCUT2D eigenvalue weighted by atomic mass is 9.65. The Balaban J connectivity index is 1.87. The Hall–Kier alpha value is -1.79. The average molecular weight is 376 g/mol. The molecule has 0 amide bonds. The van der Waals surface area contributed by atoms with Crippen LogP contribution in [0.15, 0.2) is 23.4 Å². The van der Waals surface area contributed by atoms with E-state index in [-0.39, 0.29) is 5.41 Å². The van der Waals surface area contributed by atoms with E-state index in [0.29, 0.717) is 6.04 Å². The molecular formula is C21H32N2O4. The Morgan fingerprint density at radius 3 is 2.52 bits per heavy atom. The van der Waals surface area contributed by atoms with Crippen molar-refractivity contribution in [3.05, 3.63) is 23.8 Å². The van der Waals surface area contributed by atoms with Crippen LogP contribution < -0.4 is 9.47 Å². The van der Waals surface area contributed by atoms with Gasteiger partial charge in [0, 0.05) is 38.8 Å². The number of nitrogens with zero attached hydrogens (tertiary/aromatic N) is 2. The van der Waals surface area contributed by atoms with Gasteiger partial charge < -0.3 is 23.9 Å². The molecule has 2 atom stereocenters. The summed E-state index contributed by atoms with van der Waals surface area (Å²) >= 11 is 0. The van der Waals surface area contributed by atoms with E-state index in [0.717, 1.165) is 49.4 Å². The van der Waals surface area contributed by atoms with Crippen molar-refractivity contribution < 1.29 is 19.0 Å². The van der Waals surface area contributed by atoms with Crippen LogP contribution in [0.5, 0.6) is 11.5 Å². The second-order valence-corrected chi connectivity index (χ2v) is 8.03. The summed E-state index contributed by atoms with van der Waals surface area (Å²) in [7, 11) is 7.20. The number of likely N-dealkylation sites (tertiary alicyclic amines) is 1. The highest BCUT2D eigenvalue weighted by Gasteiger charge is 2.50. The SMILES string of the molecule is COc1ccc([C@@]23CCC(=NOC(C)(C)OC)C[C@@H]2N(C)CC3)cc1OC. The van der Waals surface area contributed by atoms with Gasteiger partial charge in [0.25, 0.3) is 0 Å². The van der Waals surface area contributed by atoms with E-state index in [1.807, 2.05) is 19.9 Å². The molecule has 27 heavy (non-hydrogen) atoms. The minimum absolute atomic E-state index is 0.115. The van der Waals surface area contributed by atoms with Crippen molar-refractivity contribution in [3.63, 3.8) is 0 Å². The summed E-state index contributed by atoms with van der Waals surface area (Å²) in [6.07, 6.45) is 4.03. The maximum Gasteiger partial charge on any atom is 0.230 e. The third kappa shape index (κ3) is 3.78. The Morgan fingerprint density at radius 1 is 1.11 bits per heavy atom. The predicted molar refractivity (Wildman–Crippen MR) is 106 cm³/mol. The molecule has 2 aliphatic rings. The average Bonchev–Trinajstić information content (AvgIpc) is 3.03. The van der Waals surface area contributed by atoms with E-state index in [4.69, 9.17) is 19.0 Å². The van der Waals surface area contributed by atoms with Crippen LogP contribution in [0, 0.1) is 0 Å². The molecule has 0 N–H and O–H groups in total. The zero-order valence-electron chi connectivity index (χ0n) is 17.4. The van der Waals surface area contributed by atoms with Gasteiger partial charge in [-0.05, 0) is 50.6 Å². The number of ether oxygens (including phenoxy) is 3. The lowest BCUT2D eigenvalue weighted by Gasteiger charge is -2.42. The first-order valence-electron chi connectivity index (χ1n) is 9.57. The normalized spacial score (nSPS) is 27.5. The van der Waals surface area contributed by atoms with Gasteiger partial charge in [-0.15, -0.1) is 0 Å². The summed E-state index contributed by atoms with van der Waals surface area (Å²) in [5.41, 5.74) is 2.55. The predicted octanol–water partition coefficient (Wildman–Crippen LogP) is 3.58. The lowest BCUT2D eigenvalue weighted by Crippen LogP contribution is -2.46. The topological polar surface area (TPSA) is 52.5 Å². The van der Waals surface area contributed by atoms with Gasteiger partial charge in [0.05, 0.1) is 19.9 Å². The molecule has 1 heterocycles. The van der Waals surface area contributed by atoms with Crippen molar-refractivity contribution in [3.8, 4) is 11.5 Å². The molecule has 0 radical (unpaired) electrons. The smallest absolute Gasteiger partial charge is 0.230 e. The highest BCUT2D eigenvalue weighted by atomic mass is 16.8. The van der Waals surface area contributed by atoms with Crippen LogP contribution >= 0.6 is 0 Å². The highest BCUT2D eigenvalue weighted by Crippen LogP contribution is 2.49. The van der Waals surface area contributed by atoms with Crippen LogP contribution in [0.3, 0.4) is 0 Å². The molecule has 1 aromatic carbocycles. The van der Waals surface area contributed by atoms with Gasteiger partial charge in [-0.1, -0.05) is 11.2 Å². The molecule has 1 aromatic rings. The number of hydrogen-bond donors (Lipinski definition) is 0. The minimum atomic E-state index is -0.702. The van der Waals surface area contributed by atoms with Crippen LogP contribution in [0.1, 0.15) is 45.1 Å². The monoisotopic (exact) mass is 376 g/mol. The van der Waals surface area contributed by atoms with Crippen LogP contribution in [-0.4, -0.2) is 57.4 Å². The number of benzene rings is 1. The van der Waals surface area contributed by atoms with Gasteiger partial charge in [0.1, 0.15) is 0 Å². The minimum Gasteiger partial charge on any atom is -0.493 e. The van der Waals surface area contributed by atoms with Crippen molar-refractivity contribution in [2.75, 3.05) is 34.9 Å². The van der Waals surface area contributed by atoms with Crippen LogP contribution in [0.2, 0.25) is 0 Å². The summed E-state index contributed by atoms with van der Waals surface area (Å²) in [5.74, 6) is 0.864. The fraction of sp³-hybridized carbons (Fsp3) is 0.667. The van der Waals surface area contributed by atoms with Gasteiger partial charge in [-0.25, -0.2) is 0 Å². The van der Waals surface area contributed by atoms with Gasteiger partial charge in [-0.3, -0.25) is 0 Å². The number of methoxy groups -OCH3 is 3. The summed E-state index contributed by atoms with van der Waals surface area (Å²) in [5, 5.41) is 4.43. The van der Waals surface area contributed by atoms with Crippen molar-refractivity contribution in [2.24, 2.45) is 5.16 Å². The maximum atomic E-state index is 5.62. The molecule has 0 bridgehead atoms. The highest BCUT2D eigenvalue weighted by molar-refractivity contribution is 5.86. The maximum absolute atomic E-state index is 5.62. The van der Waals surface area contributed by atoms with Crippen molar-refractivity contribution in [2.45, 2.75) is 56.8 Å². The van der Waals surface area contributed by atoms with E-state index in [1.54, 1.807) is 21.3 Å². The molecule has 1 saturated heterocycles. The second kappa shape index (κ2) is 7.68. The van der Waals surface area contributed by atoms with Crippen LogP contribution in [0.25, 0.3) is 0 Å². The van der Waals surface area contributed by atoms with E-state index in [2.05, 4.69) is 29.2 Å². The van der Waals surface area contributed by atoms with Crippen molar-refractivity contribution in [1.29, 1.82) is 0 Å². The third-order valence-electron chi connectivity index (χ3n) is 6.21. The number of fused-ring (bicyclic) bond motifs is 1. The van der Waals surface area contributed by atoms with Crippen molar-refractivity contribution >= 4 is 5.71 Å².